The standard InChI is InChI=1S/C20H25N3O3/c1-25-18-11-15(12-19(14-18)26-2)13-20(24)23-9-7-22(8-10-23)17-5-3-16(21)4-6-17/h3-6,11-12,14H,7-10,13,21H2,1-2H3. The van der Waals surface area contributed by atoms with E-state index < -0.39 is 0 Å². The minimum absolute atomic E-state index is 0.122. The molecular weight excluding hydrogens is 330 g/mol. The lowest BCUT2D eigenvalue weighted by Gasteiger charge is -2.36. The number of benzene rings is 2. The van der Waals surface area contributed by atoms with E-state index in [1.54, 1.807) is 20.3 Å². The van der Waals surface area contributed by atoms with Gasteiger partial charge >= 0.3 is 0 Å². The summed E-state index contributed by atoms with van der Waals surface area (Å²) in [5.41, 5.74) is 8.54. The Hall–Kier alpha value is -2.89. The van der Waals surface area contributed by atoms with Gasteiger partial charge in [0.15, 0.2) is 0 Å². The van der Waals surface area contributed by atoms with Gasteiger partial charge in [0.25, 0.3) is 0 Å². The molecule has 0 unspecified atom stereocenters. The number of methoxy groups -OCH3 is 2. The lowest BCUT2D eigenvalue weighted by Crippen LogP contribution is -2.49. The first-order valence-corrected chi connectivity index (χ1v) is 8.69. The maximum absolute atomic E-state index is 12.7. The topological polar surface area (TPSA) is 68.0 Å². The summed E-state index contributed by atoms with van der Waals surface area (Å²) in [4.78, 5) is 16.9. The number of carbonyl (C=O) groups excluding carboxylic acids is 1. The van der Waals surface area contributed by atoms with Gasteiger partial charge < -0.3 is 25.0 Å². The Bertz CT molecular complexity index is 731. The molecule has 3 rings (SSSR count). The predicted molar refractivity (Wildman–Crippen MR) is 103 cm³/mol. The van der Waals surface area contributed by atoms with Crippen LogP contribution < -0.4 is 20.1 Å². The van der Waals surface area contributed by atoms with E-state index in [2.05, 4.69) is 4.90 Å². The molecule has 0 atom stereocenters. The second-order valence-corrected chi connectivity index (χ2v) is 6.36. The molecule has 2 aromatic rings. The van der Waals surface area contributed by atoms with Crippen LogP contribution in [0.25, 0.3) is 0 Å². The fourth-order valence-electron chi connectivity index (χ4n) is 3.15. The first-order chi connectivity index (χ1) is 12.6. The summed E-state index contributed by atoms with van der Waals surface area (Å²) in [6, 6.07) is 13.4. The number of ether oxygens (including phenoxy) is 2. The average molecular weight is 355 g/mol. The van der Waals surface area contributed by atoms with Crippen LogP contribution in [0.4, 0.5) is 11.4 Å². The smallest absolute Gasteiger partial charge is 0.227 e. The Morgan fingerprint density at radius 1 is 0.962 bits per heavy atom. The van der Waals surface area contributed by atoms with Crippen LogP contribution in [0.1, 0.15) is 5.56 Å². The van der Waals surface area contributed by atoms with Crippen LogP contribution >= 0.6 is 0 Å². The van der Waals surface area contributed by atoms with Crippen LogP contribution in [-0.2, 0) is 11.2 Å². The molecule has 0 bridgehead atoms. The van der Waals surface area contributed by atoms with Crippen LogP contribution in [0.5, 0.6) is 11.5 Å². The zero-order chi connectivity index (χ0) is 18.5. The molecule has 2 aromatic carbocycles. The van der Waals surface area contributed by atoms with E-state index in [4.69, 9.17) is 15.2 Å². The Balaban J connectivity index is 1.59. The summed E-state index contributed by atoms with van der Waals surface area (Å²) in [5.74, 6) is 1.51. The van der Waals surface area contributed by atoms with Gasteiger partial charge in [-0.1, -0.05) is 0 Å². The van der Waals surface area contributed by atoms with Gasteiger partial charge in [-0.25, -0.2) is 0 Å². The number of piperazine rings is 1. The first-order valence-electron chi connectivity index (χ1n) is 8.69. The van der Waals surface area contributed by atoms with Crippen molar-refractivity contribution in [3.63, 3.8) is 0 Å². The van der Waals surface area contributed by atoms with Gasteiger partial charge in [-0.2, -0.15) is 0 Å². The van der Waals surface area contributed by atoms with Crippen molar-refractivity contribution in [3.05, 3.63) is 48.0 Å². The zero-order valence-corrected chi connectivity index (χ0v) is 15.3. The largest absolute Gasteiger partial charge is 0.497 e. The molecule has 1 amide bonds. The number of nitrogens with zero attached hydrogens (tertiary/aromatic N) is 2. The molecule has 0 saturated carbocycles. The average Bonchev–Trinajstić information content (AvgIpc) is 2.68. The van der Waals surface area contributed by atoms with Crippen molar-refractivity contribution < 1.29 is 14.3 Å². The van der Waals surface area contributed by atoms with Gasteiger partial charge in [-0.3, -0.25) is 4.79 Å². The van der Waals surface area contributed by atoms with E-state index in [0.29, 0.717) is 31.0 Å². The quantitative estimate of drug-likeness (QED) is 0.833. The zero-order valence-electron chi connectivity index (χ0n) is 15.3. The van der Waals surface area contributed by atoms with E-state index in [1.807, 2.05) is 41.3 Å². The molecule has 26 heavy (non-hydrogen) atoms. The Morgan fingerprint density at radius 3 is 2.08 bits per heavy atom. The molecule has 1 aliphatic rings. The highest BCUT2D eigenvalue weighted by Gasteiger charge is 2.21. The third-order valence-electron chi connectivity index (χ3n) is 4.66. The van der Waals surface area contributed by atoms with Gasteiger partial charge in [0.2, 0.25) is 5.91 Å². The fraction of sp³-hybridized carbons (Fsp3) is 0.350. The summed E-state index contributed by atoms with van der Waals surface area (Å²) in [6.45, 7) is 3.06. The Labute approximate surface area is 154 Å². The van der Waals surface area contributed by atoms with Crippen molar-refractivity contribution in [3.8, 4) is 11.5 Å². The Morgan fingerprint density at radius 2 is 1.54 bits per heavy atom. The third kappa shape index (κ3) is 4.20. The highest BCUT2D eigenvalue weighted by atomic mass is 16.5. The lowest BCUT2D eigenvalue weighted by molar-refractivity contribution is -0.130. The molecule has 0 aliphatic carbocycles. The fourth-order valence-corrected chi connectivity index (χ4v) is 3.15. The summed E-state index contributed by atoms with van der Waals surface area (Å²) in [7, 11) is 3.22. The van der Waals surface area contributed by atoms with Crippen LogP contribution in [0.2, 0.25) is 0 Å². The molecule has 1 fully saturated rings. The van der Waals surface area contributed by atoms with E-state index in [-0.39, 0.29) is 5.91 Å². The van der Waals surface area contributed by atoms with Gasteiger partial charge in [-0.05, 0) is 42.0 Å². The van der Waals surface area contributed by atoms with Crippen molar-refractivity contribution in [2.45, 2.75) is 6.42 Å². The van der Waals surface area contributed by atoms with Crippen molar-refractivity contribution in [1.29, 1.82) is 0 Å². The second-order valence-electron chi connectivity index (χ2n) is 6.36. The second kappa shape index (κ2) is 7.99. The normalized spacial score (nSPS) is 14.2. The predicted octanol–water partition coefficient (Wildman–Crippen LogP) is 2.18. The van der Waals surface area contributed by atoms with Crippen molar-refractivity contribution in [2.75, 3.05) is 51.0 Å². The highest BCUT2D eigenvalue weighted by Crippen LogP contribution is 2.23. The van der Waals surface area contributed by atoms with Gasteiger partial charge in [0, 0.05) is 43.6 Å². The minimum atomic E-state index is 0.122. The SMILES string of the molecule is COc1cc(CC(=O)N2CCN(c3ccc(N)cc3)CC2)cc(OC)c1. The number of carbonyl (C=O) groups is 1. The molecule has 1 heterocycles. The number of hydrogen-bond donors (Lipinski definition) is 1. The molecule has 138 valence electrons. The molecule has 6 heteroatoms. The molecule has 0 aromatic heterocycles. The van der Waals surface area contributed by atoms with E-state index in [9.17, 15) is 4.79 Å². The third-order valence-corrected chi connectivity index (χ3v) is 4.66. The molecule has 2 N–H and O–H groups in total. The molecular formula is C20H25N3O3. The highest BCUT2D eigenvalue weighted by molar-refractivity contribution is 5.79. The van der Waals surface area contributed by atoms with Gasteiger partial charge in [-0.15, -0.1) is 0 Å². The first kappa shape index (κ1) is 17.9. The maximum Gasteiger partial charge on any atom is 0.227 e. The maximum atomic E-state index is 12.7. The van der Waals surface area contributed by atoms with Crippen LogP contribution in [0, 0.1) is 0 Å². The Kier molecular flexibility index (Phi) is 5.51. The van der Waals surface area contributed by atoms with E-state index in [0.717, 1.165) is 30.0 Å². The molecule has 1 saturated heterocycles. The van der Waals surface area contributed by atoms with Crippen molar-refractivity contribution in [2.24, 2.45) is 0 Å². The van der Waals surface area contributed by atoms with Gasteiger partial charge in [0.05, 0.1) is 20.6 Å². The molecule has 0 radical (unpaired) electrons. The number of nitrogens with two attached hydrogens (primary N) is 1. The minimum Gasteiger partial charge on any atom is -0.497 e. The summed E-state index contributed by atoms with van der Waals surface area (Å²) >= 11 is 0. The van der Waals surface area contributed by atoms with E-state index >= 15 is 0 Å². The van der Waals surface area contributed by atoms with Crippen LogP contribution in [0.15, 0.2) is 42.5 Å². The number of hydrogen-bond acceptors (Lipinski definition) is 5. The number of anilines is 2. The van der Waals surface area contributed by atoms with Crippen LogP contribution in [0.3, 0.4) is 0 Å². The molecule has 0 spiro atoms. The monoisotopic (exact) mass is 355 g/mol. The van der Waals surface area contributed by atoms with Gasteiger partial charge in [0.1, 0.15) is 11.5 Å². The molecule has 1 aliphatic heterocycles. The molecule has 6 nitrogen and oxygen atoms in total. The van der Waals surface area contributed by atoms with E-state index in [1.165, 1.54) is 0 Å². The lowest BCUT2D eigenvalue weighted by atomic mass is 10.1. The van der Waals surface area contributed by atoms with Crippen LogP contribution in [-0.4, -0.2) is 51.2 Å². The van der Waals surface area contributed by atoms with Crippen molar-refractivity contribution >= 4 is 17.3 Å². The summed E-state index contributed by atoms with van der Waals surface area (Å²) in [5, 5.41) is 0. The number of rotatable bonds is 5. The van der Waals surface area contributed by atoms with Crippen molar-refractivity contribution in [1.82, 2.24) is 4.90 Å². The number of amides is 1. The summed E-state index contributed by atoms with van der Waals surface area (Å²) < 4.78 is 10.6. The number of nitrogen functional groups attached to an aromatic ring is 1. The summed E-state index contributed by atoms with van der Waals surface area (Å²) in [6.07, 6.45) is 0.343.